The molecule has 0 saturated heterocycles. The fraction of sp³-hybridized carbons (Fsp3) is 0.409. The van der Waals surface area contributed by atoms with Crippen LogP contribution in [0.1, 0.15) is 56.6 Å². The van der Waals surface area contributed by atoms with Gasteiger partial charge in [0.05, 0.1) is 12.0 Å². The highest BCUT2D eigenvalue weighted by Gasteiger charge is 2.21. The lowest BCUT2D eigenvalue weighted by molar-refractivity contribution is -0.140. The van der Waals surface area contributed by atoms with Crippen LogP contribution in [0, 0.1) is 0 Å². The quantitative estimate of drug-likeness (QED) is 0.308. The number of ether oxygens (including phenoxy) is 1. The molecule has 0 heterocycles. The molecule has 1 unspecified atom stereocenters. The fourth-order valence-corrected chi connectivity index (χ4v) is 4.62. The molecule has 2 aromatic carbocycles. The third kappa shape index (κ3) is 8.26. The van der Waals surface area contributed by atoms with Gasteiger partial charge in [-0.25, -0.2) is 13.1 Å². The molecule has 5 nitrogen and oxygen atoms in total. The molecular formula is C22H27Cl2NO4S. The van der Waals surface area contributed by atoms with Gasteiger partial charge in [-0.05, 0) is 54.8 Å². The number of hydrogen-bond acceptors (Lipinski definition) is 4. The number of methoxy groups -OCH3 is 1. The van der Waals surface area contributed by atoms with Gasteiger partial charge in [-0.1, -0.05) is 61.0 Å². The molecule has 0 amide bonds. The van der Waals surface area contributed by atoms with Crippen LogP contribution in [-0.2, 0) is 19.6 Å². The first kappa shape index (κ1) is 24.7. The number of carbonyl (C=O) groups excluding carboxylic acids is 1. The van der Waals surface area contributed by atoms with Gasteiger partial charge in [0.2, 0.25) is 10.0 Å². The molecule has 1 N–H and O–H groups in total. The van der Waals surface area contributed by atoms with Crippen molar-refractivity contribution in [3.63, 3.8) is 0 Å². The third-order valence-electron chi connectivity index (χ3n) is 4.80. The number of benzene rings is 2. The summed E-state index contributed by atoms with van der Waals surface area (Å²) in [5, 5.41) is 1.08. The second-order valence-electron chi connectivity index (χ2n) is 7.06. The van der Waals surface area contributed by atoms with Crippen molar-refractivity contribution in [2.24, 2.45) is 0 Å². The summed E-state index contributed by atoms with van der Waals surface area (Å²) >= 11 is 11.9. The Balaban J connectivity index is 1.97. The molecule has 0 aliphatic rings. The second-order valence-corrected chi connectivity index (χ2v) is 9.65. The highest BCUT2D eigenvalue weighted by Crippen LogP contribution is 2.25. The summed E-state index contributed by atoms with van der Waals surface area (Å²) in [5.74, 6) is -0.186. The van der Waals surface area contributed by atoms with Gasteiger partial charge in [-0.2, -0.15) is 0 Å². The van der Waals surface area contributed by atoms with E-state index in [2.05, 4.69) is 9.46 Å². The van der Waals surface area contributed by atoms with E-state index in [1.807, 2.05) is 12.1 Å². The summed E-state index contributed by atoms with van der Waals surface area (Å²) in [6.45, 7) is 0. The van der Waals surface area contributed by atoms with Crippen molar-refractivity contribution in [1.29, 1.82) is 0 Å². The summed E-state index contributed by atoms with van der Waals surface area (Å²) in [4.78, 5) is 11.3. The first-order chi connectivity index (χ1) is 14.3. The molecule has 8 heteroatoms. The molecule has 0 bridgehead atoms. The predicted octanol–water partition coefficient (Wildman–Crippen LogP) is 5.92. The highest BCUT2D eigenvalue weighted by atomic mass is 35.5. The Hall–Kier alpha value is -1.60. The van der Waals surface area contributed by atoms with Crippen molar-refractivity contribution in [2.45, 2.75) is 55.9 Å². The summed E-state index contributed by atoms with van der Waals surface area (Å²) in [5.41, 5.74) is 0.864. The van der Waals surface area contributed by atoms with Gasteiger partial charge in [0, 0.05) is 22.5 Å². The van der Waals surface area contributed by atoms with Crippen LogP contribution in [-0.4, -0.2) is 21.5 Å². The van der Waals surface area contributed by atoms with E-state index in [0.717, 1.165) is 37.7 Å². The van der Waals surface area contributed by atoms with Crippen molar-refractivity contribution in [3.8, 4) is 0 Å². The summed E-state index contributed by atoms with van der Waals surface area (Å²) in [6, 6.07) is 12.9. The normalized spacial score (nSPS) is 12.5. The van der Waals surface area contributed by atoms with Gasteiger partial charge in [-0.15, -0.1) is 0 Å². The van der Waals surface area contributed by atoms with Crippen molar-refractivity contribution in [2.75, 3.05) is 7.11 Å². The Labute approximate surface area is 188 Å². The van der Waals surface area contributed by atoms with Crippen molar-refractivity contribution in [3.05, 3.63) is 64.1 Å². The largest absolute Gasteiger partial charge is 0.469 e. The van der Waals surface area contributed by atoms with Gasteiger partial charge in [0.25, 0.3) is 0 Å². The number of halogens is 2. The van der Waals surface area contributed by atoms with Crippen LogP contribution in [0.2, 0.25) is 10.0 Å². The number of rotatable bonds is 12. The minimum absolute atomic E-state index is 0.175. The number of hydrogen-bond donors (Lipinski definition) is 1. The van der Waals surface area contributed by atoms with E-state index >= 15 is 0 Å². The Morgan fingerprint density at radius 3 is 2.03 bits per heavy atom. The number of carbonyl (C=O) groups is 1. The predicted molar refractivity (Wildman–Crippen MR) is 120 cm³/mol. The minimum atomic E-state index is -3.69. The molecule has 0 saturated carbocycles. The first-order valence-corrected chi connectivity index (χ1v) is 12.2. The Morgan fingerprint density at radius 1 is 0.900 bits per heavy atom. The van der Waals surface area contributed by atoms with Crippen LogP contribution in [0.25, 0.3) is 0 Å². The van der Waals surface area contributed by atoms with E-state index in [-0.39, 0.29) is 16.9 Å². The van der Waals surface area contributed by atoms with Crippen LogP contribution in [0.4, 0.5) is 0 Å². The lowest BCUT2D eigenvalue weighted by Gasteiger charge is -2.19. The van der Waals surface area contributed by atoms with E-state index in [1.54, 1.807) is 24.3 Å². The van der Waals surface area contributed by atoms with Crippen LogP contribution in [0.3, 0.4) is 0 Å². The number of nitrogens with one attached hydrogen (secondary N) is 1. The molecule has 0 aromatic heterocycles. The maximum Gasteiger partial charge on any atom is 0.305 e. The van der Waals surface area contributed by atoms with Gasteiger partial charge in [-0.3, -0.25) is 4.79 Å². The van der Waals surface area contributed by atoms with Crippen LogP contribution in [0.15, 0.2) is 53.4 Å². The molecule has 0 aliphatic carbocycles. The molecule has 2 aromatic rings. The fourth-order valence-electron chi connectivity index (χ4n) is 3.11. The van der Waals surface area contributed by atoms with E-state index in [0.29, 0.717) is 22.9 Å². The summed E-state index contributed by atoms with van der Waals surface area (Å²) in [7, 11) is -2.30. The lowest BCUT2D eigenvalue weighted by Crippen LogP contribution is -2.28. The SMILES string of the molecule is COC(=O)CCCCCCCC(NS(=O)(=O)c1ccc(Cl)cc1)c1ccc(Cl)cc1. The average molecular weight is 472 g/mol. The first-order valence-electron chi connectivity index (χ1n) is 9.92. The zero-order valence-electron chi connectivity index (χ0n) is 16.9. The zero-order chi connectivity index (χ0) is 22.0. The maximum atomic E-state index is 12.8. The summed E-state index contributed by atoms with van der Waals surface area (Å²) in [6.07, 6.45) is 5.63. The maximum absolute atomic E-state index is 12.8. The Bertz CT molecular complexity index is 900. The molecule has 0 aliphatic heterocycles. The van der Waals surface area contributed by atoms with E-state index in [9.17, 15) is 13.2 Å². The topological polar surface area (TPSA) is 72.5 Å². The molecule has 0 fully saturated rings. The van der Waals surface area contributed by atoms with Crippen LogP contribution >= 0.6 is 23.2 Å². The molecule has 2 rings (SSSR count). The molecule has 0 spiro atoms. The monoisotopic (exact) mass is 471 g/mol. The Morgan fingerprint density at radius 2 is 1.43 bits per heavy atom. The third-order valence-corrected chi connectivity index (χ3v) is 6.79. The average Bonchev–Trinajstić information content (AvgIpc) is 2.72. The van der Waals surface area contributed by atoms with Gasteiger partial charge < -0.3 is 4.74 Å². The number of esters is 1. The van der Waals surface area contributed by atoms with Gasteiger partial charge >= 0.3 is 5.97 Å². The van der Waals surface area contributed by atoms with Crippen LogP contribution < -0.4 is 4.72 Å². The molecule has 164 valence electrons. The van der Waals surface area contributed by atoms with Crippen molar-refractivity contribution >= 4 is 39.2 Å². The lowest BCUT2D eigenvalue weighted by atomic mass is 10.0. The van der Waals surface area contributed by atoms with E-state index in [1.165, 1.54) is 19.2 Å². The van der Waals surface area contributed by atoms with Crippen molar-refractivity contribution < 1.29 is 17.9 Å². The standard InChI is InChI=1S/C22H27Cl2NO4S/c1-29-22(26)8-6-4-2-3-5-7-21(17-9-11-18(23)12-10-17)25-30(27,28)20-15-13-19(24)14-16-20/h9-16,21,25H,2-8H2,1H3. The van der Waals surface area contributed by atoms with E-state index in [4.69, 9.17) is 23.2 Å². The van der Waals surface area contributed by atoms with Crippen molar-refractivity contribution in [1.82, 2.24) is 4.72 Å². The summed E-state index contributed by atoms with van der Waals surface area (Å²) < 4.78 is 33.1. The highest BCUT2D eigenvalue weighted by molar-refractivity contribution is 7.89. The number of sulfonamides is 1. The van der Waals surface area contributed by atoms with Gasteiger partial charge in [0.1, 0.15) is 0 Å². The van der Waals surface area contributed by atoms with Gasteiger partial charge in [0.15, 0.2) is 0 Å². The molecule has 0 radical (unpaired) electrons. The molecule has 30 heavy (non-hydrogen) atoms. The minimum Gasteiger partial charge on any atom is -0.469 e. The second kappa shape index (κ2) is 12.3. The van der Waals surface area contributed by atoms with Crippen LogP contribution in [0.5, 0.6) is 0 Å². The van der Waals surface area contributed by atoms with E-state index < -0.39 is 10.0 Å². The smallest absolute Gasteiger partial charge is 0.305 e. The zero-order valence-corrected chi connectivity index (χ0v) is 19.3. The number of unbranched alkanes of at least 4 members (excludes halogenated alkanes) is 4. The Kier molecular flexibility index (Phi) is 10.1. The molecular weight excluding hydrogens is 445 g/mol. The molecule has 1 atom stereocenters.